The summed E-state index contributed by atoms with van der Waals surface area (Å²) in [6.07, 6.45) is 0.0663. The van der Waals surface area contributed by atoms with E-state index < -0.39 is 10.8 Å². The zero-order chi connectivity index (χ0) is 20.4. The van der Waals surface area contributed by atoms with Gasteiger partial charge >= 0.3 is 0 Å². The maximum Gasteiger partial charge on any atom is 0.273 e. The summed E-state index contributed by atoms with van der Waals surface area (Å²) in [6.45, 7) is 4.08. The maximum atomic E-state index is 12.7. The molecule has 1 N–H and O–H groups in total. The number of amides is 2. The van der Waals surface area contributed by atoms with E-state index in [2.05, 4.69) is 5.32 Å². The lowest BCUT2D eigenvalue weighted by molar-refractivity contribution is -0.384. The Morgan fingerprint density at radius 1 is 1.29 bits per heavy atom. The Bertz CT molecular complexity index is 957. The molecule has 0 saturated carbocycles. The minimum Gasteiger partial charge on any atom is -0.494 e. The highest BCUT2D eigenvalue weighted by Crippen LogP contribution is 2.36. The van der Waals surface area contributed by atoms with Crippen LogP contribution in [0.25, 0.3) is 0 Å². The van der Waals surface area contributed by atoms with Gasteiger partial charge in [0.1, 0.15) is 5.75 Å². The van der Waals surface area contributed by atoms with Gasteiger partial charge in [0, 0.05) is 24.7 Å². The monoisotopic (exact) mass is 383 g/mol. The third-order valence-corrected chi connectivity index (χ3v) is 5.02. The van der Waals surface area contributed by atoms with Gasteiger partial charge in [-0.3, -0.25) is 19.7 Å². The molecule has 1 saturated heterocycles. The van der Waals surface area contributed by atoms with Crippen LogP contribution in [0.5, 0.6) is 5.75 Å². The Morgan fingerprint density at radius 2 is 2.04 bits per heavy atom. The average Bonchev–Trinajstić information content (AvgIpc) is 3.06. The zero-order valence-electron chi connectivity index (χ0n) is 15.9. The fraction of sp³-hybridized carbons (Fsp3) is 0.300. The van der Waals surface area contributed by atoms with Gasteiger partial charge in [-0.15, -0.1) is 0 Å². The van der Waals surface area contributed by atoms with Crippen molar-refractivity contribution in [2.45, 2.75) is 20.3 Å². The Kier molecular flexibility index (Phi) is 5.30. The number of hydrogen-bond acceptors (Lipinski definition) is 5. The Morgan fingerprint density at radius 3 is 2.71 bits per heavy atom. The van der Waals surface area contributed by atoms with Crippen molar-refractivity contribution in [3.63, 3.8) is 0 Å². The molecule has 28 heavy (non-hydrogen) atoms. The van der Waals surface area contributed by atoms with Crippen LogP contribution in [0.15, 0.2) is 36.4 Å². The number of aryl methyl sites for hydroxylation is 1. The Labute approximate surface area is 162 Å². The molecule has 1 aliphatic rings. The van der Waals surface area contributed by atoms with Gasteiger partial charge in [0.2, 0.25) is 11.8 Å². The molecule has 0 bridgehead atoms. The molecule has 3 rings (SSSR count). The van der Waals surface area contributed by atoms with Crippen LogP contribution in [0, 0.1) is 29.9 Å². The molecule has 0 spiro atoms. The number of carbonyl (C=O) groups is 2. The first kappa shape index (κ1) is 19.3. The van der Waals surface area contributed by atoms with Crippen molar-refractivity contribution in [1.29, 1.82) is 0 Å². The van der Waals surface area contributed by atoms with Gasteiger partial charge in [-0.1, -0.05) is 12.1 Å². The fourth-order valence-electron chi connectivity index (χ4n) is 3.24. The van der Waals surface area contributed by atoms with Gasteiger partial charge in [-0.05, 0) is 37.1 Å². The molecule has 0 aliphatic carbocycles. The van der Waals surface area contributed by atoms with E-state index in [0.29, 0.717) is 5.69 Å². The molecule has 0 unspecified atom stereocenters. The second kappa shape index (κ2) is 7.67. The van der Waals surface area contributed by atoms with Gasteiger partial charge in [0.15, 0.2) is 0 Å². The molecule has 2 aromatic rings. The van der Waals surface area contributed by atoms with E-state index in [1.807, 2.05) is 32.0 Å². The van der Waals surface area contributed by atoms with E-state index in [0.717, 1.165) is 16.8 Å². The lowest BCUT2D eigenvalue weighted by atomic mass is 10.1. The minimum atomic E-state index is -0.529. The fourth-order valence-corrected chi connectivity index (χ4v) is 3.24. The van der Waals surface area contributed by atoms with E-state index >= 15 is 0 Å². The number of ether oxygens (including phenoxy) is 1. The van der Waals surface area contributed by atoms with E-state index in [1.54, 1.807) is 0 Å². The number of carbonyl (C=O) groups excluding carboxylic acids is 2. The van der Waals surface area contributed by atoms with Crippen molar-refractivity contribution in [3.8, 4) is 5.75 Å². The van der Waals surface area contributed by atoms with Crippen molar-refractivity contribution in [3.05, 3.63) is 57.6 Å². The summed E-state index contributed by atoms with van der Waals surface area (Å²) < 4.78 is 5.22. The van der Waals surface area contributed by atoms with Crippen LogP contribution in [-0.4, -0.2) is 30.4 Å². The Balaban J connectivity index is 1.79. The third kappa shape index (κ3) is 3.66. The summed E-state index contributed by atoms with van der Waals surface area (Å²) in [5, 5.41) is 13.8. The van der Waals surface area contributed by atoms with Crippen molar-refractivity contribution < 1.29 is 19.2 Å². The average molecular weight is 383 g/mol. The van der Waals surface area contributed by atoms with Crippen molar-refractivity contribution >= 4 is 28.9 Å². The second-order valence-electron chi connectivity index (χ2n) is 6.76. The number of methoxy groups -OCH3 is 1. The lowest BCUT2D eigenvalue weighted by Gasteiger charge is -2.19. The summed E-state index contributed by atoms with van der Waals surface area (Å²) in [6, 6.07) is 9.72. The number of hydrogen-bond donors (Lipinski definition) is 1. The van der Waals surface area contributed by atoms with Crippen LogP contribution in [0.2, 0.25) is 0 Å². The zero-order valence-corrected chi connectivity index (χ0v) is 15.9. The van der Waals surface area contributed by atoms with Crippen molar-refractivity contribution in [2.24, 2.45) is 5.92 Å². The SMILES string of the molecule is COc1cc([N+](=O)[O-])ccc1N1C[C@@H](C(=O)Nc2cccc(C)c2C)CC1=O. The molecule has 1 aliphatic heterocycles. The summed E-state index contributed by atoms with van der Waals surface area (Å²) in [5.74, 6) is -0.760. The molecule has 8 nitrogen and oxygen atoms in total. The number of nitro groups is 1. The number of nitro benzene ring substituents is 1. The van der Waals surface area contributed by atoms with Crippen LogP contribution < -0.4 is 15.0 Å². The van der Waals surface area contributed by atoms with E-state index in [4.69, 9.17) is 4.74 Å². The van der Waals surface area contributed by atoms with E-state index in [-0.39, 0.29) is 36.2 Å². The van der Waals surface area contributed by atoms with Gasteiger partial charge in [-0.2, -0.15) is 0 Å². The number of nitrogens with zero attached hydrogens (tertiary/aromatic N) is 2. The molecule has 8 heteroatoms. The highest BCUT2D eigenvalue weighted by atomic mass is 16.6. The molecule has 1 fully saturated rings. The lowest BCUT2D eigenvalue weighted by Crippen LogP contribution is -2.28. The van der Waals surface area contributed by atoms with Gasteiger partial charge < -0.3 is 15.0 Å². The first-order valence-electron chi connectivity index (χ1n) is 8.81. The van der Waals surface area contributed by atoms with Gasteiger partial charge in [-0.25, -0.2) is 0 Å². The van der Waals surface area contributed by atoms with Crippen LogP contribution in [0.3, 0.4) is 0 Å². The molecular formula is C20H21N3O5. The van der Waals surface area contributed by atoms with Crippen molar-refractivity contribution in [2.75, 3.05) is 23.9 Å². The Hall–Kier alpha value is -3.42. The molecular weight excluding hydrogens is 362 g/mol. The second-order valence-corrected chi connectivity index (χ2v) is 6.76. The van der Waals surface area contributed by atoms with Gasteiger partial charge in [0.25, 0.3) is 5.69 Å². The first-order chi connectivity index (χ1) is 13.3. The molecule has 0 aromatic heterocycles. The predicted octanol–water partition coefficient (Wildman–Crippen LogP) is 3.21. The molecule has 0 radical (unpaired) electrons. The molecule has 1 atom stereocenters. The molecule has 2 amide bonds. The van der Waals surface area contributed by atoms with Crippen molar-refractivity contribution in [1.82, 2.24) is 0 Å². The van der Waals surface area contributed by atoms with E-state index in [1.165, 1.54) is 30.2 Å². The third-order valence-electron chi connectivity index (χ3n) is 5.02. The summed E-state index contributed by atoms with van der Waals surface area (Å²) >= 11 is 0. The predicted molar refractivity (Wildman–Crippen MR) is 105 cm³/mol. The maximum absolute atomic E-state index is 12.7. The number of benzene rings is 2. The summed E-state index contributed by atoms with van der Waals surface area (Å²) in [5.41, 5.74) is 3.06. The molecule has 1 heterocycles. The number of non-ortho nitro benzene ring substituents is 1. The highest BCUT2D eigenvalue weighted by Gasteiger charge is 2.36. The number of nitrogens with one attached hydrogen (secondary N) is 1. The highest BCUT2D eigenvalue weighted by molar-refractivity contribution is 6.04. The molecule has 2 aromatic carbocycles. The standard InChI is InChI=1S/C20H21N3O5/c1-12-5-4-6-16(13(12)2)21-20(25)14-9-19(24)22(11-14)17-8-7-15(23(26)27)10-18(17)28-3/h4-8,10,14H,9,11H2,1-3H3,(H,21,25)/t14-/m0/s1. The minimum absolute atomic E-state index is 0.0663. The topological polar surface area (TPSA) is 102 Å². The first-order valence-corrected chi connectivity index (χ1v) is 8.81. The number of anilines is 2. The summed E-state index contributed by atoms with van der Waals surface area (Å²) in [7, 11) is 1.38. The quantitative estimate of drug-likeness (QED) is 0.631. The van der Waals surface area contributed by atoms with Crippen LogP contribution >= 0.6 is 0 Å². The normalized spacial score (nSPS) is 16.2. The smallest absolute Gasteiger partial charge is 0.273 e. The van der Waals surface area contributed by atoms with Gasteiger partial charge in [0.05, 0.1) is 29.7 Å². The van der Waals surface area contributed by atoms with Crippen LogP contribution in [0.1, 0.15) is 17.5 Å². The number of rotatable bonds is 5. The van der Waals surface area contributed by atoms with Crippen LogP contribution in [-0.2, 0) is 9.59 Å². The summed E-state index contributed by atoms with van der Waals surface area (Å²) in [4.78, 5) is 37.1. The largest absolute Gasteiger partial charge is 0.494 e. The van der Waals surface area contributed by atoms with Crippen LogP contribution in [0.4, 0.5) is 17.1 Å². The molecule has 146 valence electrons. The van der Waals surface area contributed by atoms with E-state index in [9.17, 15) is 19.7 Å².